The van der Waals surface area contributed by atoms with Crippen LogP contribution >= 0.6 is 34.9 Å². The van der Waals surface area contributed by atoms with Crippen LogP contribution in [0.25, 0.3) is 0 Å². The van der Waals surface area contributed by atoms with Crippen molar-refractivity contribution in [1.82, 2.24) is 0 Å². The lowest BCUT2D eigenvalue weighted by molar-refractivity contribution is 0.0992. The summed E-state index contributed by atoms with van der Waals surface area (Å²) in [6, 6.07) is 0. The van der Waals surface area contributed by atoms with E-state index in [9.17, 15) is 4.79 Å². The molecule has 1 aromatic rings. The Hall–Kier alpha value is -0.330. The van der Waals surface area contributed by atoms with Gasteiger partial charge in [-0.1, -0.05) is 6.92 Å². The van der Waals surface area contributed by atoms with Crippen LogP contribution in [-0.4, -0.2) is 36.6 Å². The second-order valence-corrected chi connectivity index (χ2v) is 7.45. The number of thioether (sulfide) groups is 2. The van der Waals surface area contributed by atoms with Crippen LogP contribution in [0.4, 0.5) is 10.7 Å². The fourth-order valence-electron chi connectivity index (χ4n) is 2.14. The molecule has 19 heavy (non-hydrogen) atoms. The Labute approximate surface area is 127 Å². The predicted molar refractivity (Wildman–Crippen MR) is 89.3 cm³/mol. The molecular weight excluding hydrogens is 296 g/mol. The van der Waals surface area contributed by atoms with E-state index in [4.69, 9.17) is 5.73 Å². The van der Waals surface area contributed by atoms with Crippen LogP contribution in [0.2, 0.25) is 0 Å². The third kappa shape index (κ3) is 3.23. The molecule has 1 aliphatic heterocycles. The summed E-state index contributed by atoms with van der Waals surface area (Å²) in [5, 5.41) is 1.20. The molecule has 1 aliphatic rings. The lowest BCUT2D eigenvalue weighted by atomic mass is 10.2. The van der Waals surface area contributed by atoms with Crippen molar-refractivity contribution >= 4 is 51.3 Å². The van der Waals surface area contributed by atoms with Crippen LogP contribution in [0.3, 0.4) is 0 Å². The molecular formula is C13H20N2OS3. The first-order valence-corrected chi connectivity index (χ1v) is 9.70. The monoisotopic (exact) mass is 316 g/mol. The van der Waals surface area contributed by atoms with Gasteiger partial charge in [0.1, 0.15) is 5.00 Å². The number of nitrogen functional groups attached to an aromatic ring is 1. The van der Waals surface area contributed by atoms with Gasteiger partial charge in [0.25, 0.3) is 0 Å². The third-order valence-electron chi connectivity index (χ3n) is 3.17. The van der Waals surface area contributed by atoms with Crippen LogP contribution < -0.4 is 10.6 Å². The summed E-state index contributed by atoms with van der Waals surface area (Å²) >= 11 is 5.24. The van der Waals surface area contributed by atoms with Crippen molar-refractivity contribution in [1.29, 1.82) is 0 Å². The van der Waals surface area contributed by atoms with Crippen LogP contribution in [0.5, 0.6) is 0 Å². The normalized spacial score (nSPS) is 16.4. The second-order valence-electron chi connectivity index (χ2n) is 4.41. The highest BCUT2D eigenvalue weighted by molar-refractivity contribution is 7.99. The Kier molecular flexibility index (Phi) is 5.47. The Morgan fingerprint density at radius 1 is 1.42 bits per heavy atom. The lowest BCUT2D eigenvalue weighted by Crippen LogP contribution is -2.24. The smallest absolute Gasteiger partial charge is 0.174 e. The summed E-state index contributed by atoms with van der Waals surface area (Å²) < 4.78 is 0. The number of rotatable bonds is 4. The molecule has 0 aromatic carbocycles. The zero-order valence-corrected chi connectivity index (χ0v) is 13.8. The largest absolute Gasteiger partial charge is 0.396 e. The second kappa shape index (κ2) is 6.90. The maximum absolute atomic E-state index is 12.0. The van der Waals surface area contributed by atoms with Crippen LogP contribution in [0.1, 0.15) is 29.4 Å². The Morgan fingerprint density at radius 2 is 2.21 bits per heavy atom. The van der Waals surface area contributed by atoms with Crippen molar-refractivity contribution in [3.63, 3.8) is 0 Å². The minimum absolute atomic E-state index is 0.160. The number of nitrogens with zero attached hydrogens (tertiary/aromatic N) is 1. The molecule has 6 heteroatoms. The molecule has 2 heterocycles. The zero-order valence-electron chi connectivity index (χ0n) is 11.4. The number of thiophene rings is 1. The molecule has 0 radical (unpaired) electrons. The number of carbonyl (C=O) groups is 1. The predicted octanol–water partition coefficient (Wildman–Crippen LogP) is 3.59. The van der Waals surface area contributed by atoms with E-state index in [2.05, 4.69) is 4.90 Å². The van der Waals surface area contributed by atoms with E-state index in [-0.39, 0.29) is 5.78 Å². The van der Waals surface area contributed by atoms with Crippen molar-refractivity contribution in [3.05, 3.63) is 4.88 Å². The molecule has 2 rings (SSSR count). The fraction of sp³-hybridized carbons (Fsp3) is 0.615. The summed E-state index contributed by atoms with van der Waals surface area (Å²) in [5.41, 5.74) is 6.86. The van der Waals surface area contributed by atoms with Crippen molar-refractivity contribution in [2.75, 3.05) is 41.5 Å². The maximum atomic E-state index is 12.0. The minimum Gasteiger partial charge on any atom is -0.396 e. The van der Waals surface area contributed by atoms with Crippen LogP contribution in [0.15, 0.2) is 4.90 Å². The molecule has 2 N–H and O–H groups in total. The van der Waals surface area contributed by atoms with E-state index < -0.39 is 0 Å². The third-order valence-corrected chi connectivity index (χ3v) is 6.48. The van der Waals surface area contributed by atoms with Gasteiger partial charge in [-0.15, -0.1) is 23.1 Å². The highest BCUT2D eigenvalue weighted by atomic mass is 32.2. The topological polar surface area (TPSA) is 46.3 Å². The molecule has 0 spiro atoms. The van der Waals surface area contributed by atoms with E-state index in [1.807, 2.05) is 24.9 Å². The number of carbonyl (C=O) groups excluding carboxylic acids is 1. The zero-order chi connectivity index (χ0) is 13.8. The summed E-state index contributed by atoms with van der Waals surface area (Å²) in [7, 11) is 0. The van der Waals surface area contributed by atoms with E-state index in [1.54, 1.807) is 23.1 Å². The quantitative estimate of drug-likeness (QED) is 0.679. The van der Waals surface area contributed by atoms with Gasteiger partial charge in [-0.2, -0.15) is 11.8 Å². The molecule has 3 nitrogen and oxygen atoms in total. The van der Waals surface area contributed by atoms with Gasteiger partial charge in [0, 0.05) is 25.3 Å². The van der Waals surface area contributed by atoms with Gasteiger partial charge >= 0.3 is 0 Å². The first-order chi connectivity index (χ1) is 9.19. The van der Waals surface area contributed by atoms with Crippen molar-refractivity contribution in [2.24, 2.45) is 0 Å². The molecule has 0 amide bonds. The molecule has 1 fully saturated rings. The van der Waals surface area contributed by atoms with Crippen molar-refractivity contribution < 1.29 is 4.79 Å². The first-order valence-electron chi connectivity index (χ1n) is 6.51. The molecule has 0 bridgehead atoms. The van der Waals surface area contributed by atoms with E-state index in [0.717, 1.165) is 28.6 Å². The summed E-state index contributed by atoms with van der Waals surface area (Å²) in [6.07, 6.45) is 3.76. The summed E-state index contributed by atoms with van der Waals surface area (Å²) in [5.74, 6) is 2.54. The van der Waals surface area contributed by atoms with Gasteiger partial charge in [0.15, 0.2) is 5.78 Å². The number of Topliss-reactive ketones (excluding diaryl/α,β-unsaturated/α-hetero) is 1. The van der Waals surface area contributed by atoms with E-state index in [0.29, 0.717) is 12.1 Å². The fourth-order valence-corrected chi connectivity index (χ4v) is 5.27. The summed E-state index contributed by atoms with van der Waals surface area (Å²) in [4.78, 5) is 16.2. The molecule has 0 atom stereocenters. The van der Waals surface area contributed by atoms with Crippen LogP contribution in [-0.2, 0) is 0 Å². The number of ketones is 1. The van der Waals surface area contributed by atoms with Gasteiger partial charge in [0.2, 0.25) is 0 Å². The Bertz CT molecular complexity index is 451. The first kappa shape index (κ1) is 15.1. The minimum atomic E-state index is 0.160. The van der Waals surface area contributed by atoms with E-state index >= 15 is 0 Å². The number of hydrogen-bond donors (Lipinski definition) is 1. The van der Waals surface area contributed by atoms with Crippen LogP contribution in [0, 0.1) is 0 Å². The number of nitrogens with two attached hydrogens (primary N) is 1. The Morgan fingerprint density at radius 3 is 2.89 bits per heavy atom. The van der Waals surface area contributed by atoms with Crippen molar-refractivity contribution in [2.45, 2.75) is 24.7 Å². The molecule has 0 unspecified atom stereocenters. The highest BCUT2D eigenvalue weighted by Crippen LogP contribution is 2.44. The molecule has 106 valence electrons. The average molecular weight is 317 g/mol. The molecule has 1 saturated heterocycles. The van der Waals surface area contributed by atoms with Gasteiger partial charge in [0.05, 0.1) is 15.5 Å². The van der Waals surface area contributed by atoms with E-state index in [1.165, 1.54) is 17.2 Å². The molecule has 0 saturated carbocycles. The van der Waals surface area contributed by atoms with Gasteiger partial charge in [-0.3, -0.25) is 4.79 Å². The average Bonchev–Trinajstić information content (AvgIpc) is 2.61. The Balaban J connectivity index is 2.35. The molecule has 1 aromatic heterocycles. The number of hydrogen-bond acceptors (Lipinski definition) is 6. The standard InChI is InChI=1S/C13H20N2OS3/c1-3-9(16)11-10(14)12(17-2)13(19-11)15-5-4-7-18-8-6-15/h3-8,14H2,1-2H3. The van der Waals surface area contributed by atoms with Gasteiger partial charge in [-0.25, -0.2) is 0 Å². The van der Waals surface area contributed by atoms with Gasteiger partial charge < -0.3 is 10.6 Å². The maximum Gasteiger partial charge on any atom is 0.174 e. The summed E-state index contributed by atoms with van der Waals surface area (Å²) in [6.45, 7) is 4.01. The number of anilines is 2. The SMILES string of the molecule is CCC(=O)c1sc(N2CCCSCC2)c(SC)c1N. The highest BCUT2D eigenvalue weighted by Gasteiger charge is 2.23. The van der Waals surface area contributed by atoms with Gasteiger partial charge in [-0.05, 0) is 18.4 Å². The molecule has 0 aliphatic carbocycles. The lowest BCUT2D eigenvalue weighted by Gasteiger charge is -2.21. The van der Waals surface area contributed by atoms with Crippen molar-refractivity contribution in [3.8, 4) is 0 Å².